The fourth-order valence-electron chi connectivity index (χ4n) is 3.51. The van der Waals surface area contributed by atoms with Gasteiger partial charge in [0.25, 0.3) is 0 Å². The molecule has 160 valence electrons. The Balaban J connectivity index is 1.99. The third kappa shape index (κ3) is 7.49. The van der Waals surface area contributed by atoms with Crippen molar-refractivity contribution >= 4 is 5.96 Å². The van der Waals surface area contributed by atoms with Gasteiger partial charge in [0.05, 0.1) is 6.54 Å². The van der Waals surface area contributed by atoms with Crippen LogP contribution in [0, 0.1) is 0 Å². The van der Waals surface area contributed by atoms with Crippen molar-refractivity contribution in [3.05, 3.63) is 48.0 Å². The third-order valence-electron chi connectivity index (χ3n) is 5.10. The molecule has 2 rings (SSSR count). The minimum atomic E-state index is 0.382. The summed E-state index contributed by atoms with van der Waals surface area (Å²) >= 11 is 0. The molecule has 7 heteroatoms. The summed E-state index contributed by atoms with van der Waals surface area (Å²) in [5.41, 5.74) is 1.36. The molecule has 7 nitrogen and oxygen atoms in total. The number of aromatic nitrogens is 3. The molecule has 0 spiro atoms. The van der Waals surface area contributed by atoms with E-state index in [9.17, 15) is 0 Å². The molecular formula is C22H37N7. The maximum absolute atomic E-state index is 4.90. The minimum absolute atomic E-state index is 0.382. The Hall–Kier alpha value is -2.41. The molecule has 29 heavy (non-hydrogen) atoms. The Morgan fingerprint density at radius 3 is 2.52 bits per heavy atom. The second-order valence-corrected chi connectivity index (χ2v) is 7.01. The van der Waals surface area contributed by atoms with Crippen molar-refractivity contribution in [3.8, 4) is 0 Å². The lowest BCUT2D eigenvalue weighted by Crippen LogP contribution is -2.42. The van der Waals surface area contributed by atoms with Gasteiger partial charge in [-0.2, -0.15) is 0 Å². The summed E-state index contributed by atoms with van der Waals surface area (Å²) < 4.78 is 2.09. The highest BCUT2D eigenvalue weighted by Crippen LogP contribution is 2.10. The molecule has 1 unspecified atom stereocenters. The van der Waals surface area contributed by atoms with Gasteiger partial charge in [0.1, 0.15) is 12.2 Å². The largest absolute Gasteiger partial charge is 0.357 e. The van der Waals surface area contributed by atoms with Gasteiger partial charge in [0.2, 0.25) is 0 Å². The topological polar surface area (TPSA) is 70.4 Å². The number of nitrogens with one attached hydrogen (secondary N) is 2. The van der Waals surface area contributed by atoms with E-state index in [0.717, 1.165) is 63.9 Å². The molecule has 0 saturated carbocycles. The van der Waals surface area contributed by atoms with Crippen molar-refractivity contribution in [2.24, 2.45) is 4.99 Å². The monoisotopic (exact) mass is 399 g/mol. The third-order valence-corrected chi connectivity index (χ3v) is 5.10. The van der Waals surface area contributed by atoms with E-state index in [4.69, 9.17) is 4.99 Å². The molecule has 1 aromatic heterocycles. The number of nitrogens with zero attached hydrogens (tertiary/aromatic N) is 5. The van der Waals surface area contributed by atoms with E-state index in [2.05, 4.69) is 88.3 Å². The van der Waals surface area contributed by atoms with E-state index in [-0.39, 0.29) is 0 Å². The number of rotatable bonds is 12. The van der Waals surface area contributed by atoms with Crippen LogP contribution in [0.15, 0.2) is 41.7 Å². The van der Waals surface area contributed by atoms with E-state index in [0.29, 0.717) is 6.04 Å². The molecule has 0 fully saturated rings. The molecule has 0 bridgehead atoms. The summed E-state index contributed by atoms with van der Waals surface area (Å²) in [5.74, 6) is 1.88. The van der Waals surface area contributed by atoms with Crippen LogP contribution in [-0.2, 0) is 19.4 Å². The van der Waals surface area contributed by atoms with Gasteiger partial charge in [0, 0.05) is 32.1 Å². The number of guanidine groups is 1. The number of aryl methyl sites for hydroxylation is 1. The summed E-state index contributed by atoms with van der Waals surface area (Å²) in [7, 11) is 0. The zero-order valence-electron chi connectivity index (χ0n) is 18.4. The molecule has 0 radical (unpaired) electrons. The summed E-state index contributed by atoms with van der Waals surface area (Å²) in [4.78, 5) is 7.39. The highest BCUT2D eigenvalue weighted by atomic mass is 15.3. The van der Waals surface area contributed by atoms with Crippen molar-refractivity contribution in [2.45, 2.75) is 53.1 Å². The molecule has 0 amide bonds. The van der Waals surface area contributed by atoms with E-state index in [1.807, 2.05) is 0 Å². The summed E-state index contributed by atoms with van der Waals surface area (Å²) in [6.07, 6.45) is 3.69. The quantitative estimate of drug-likeness (QED) is 0.423. The van der Waals surface area contributed by atoms with Crippen molar-refractivity contribution < 1.29 is 0 Å². The summed E-state index contributed by atoms with van der Waals surface area (Å²) in [5, 5.41) is 15.0. The molecular weight excluding hydrogens is 362 g/mol. The van der Waals surface area contributed by atoms with Gasteiger partial charge in [0.15, 0.2) is 5.96 Å². The van der Waals surface area contributed by atoms with E-state index in [1.165, 1.54) is 5.56 Å². The van der Waals surface area contributed by atoms with Crippen molar-refractivity contribution in [1.29, 1.82) is 0 Å². The SMILES string of the molecule is CCNC(=NCC(Cc1ccccc1)N(CC)CC)NCCn1cnnc1CC. The second kappa shape index (κ2) is 12.9. The normalized spacial score (nSPS) is 12.9. The summed E-state index contributed by atoms with van der Waals surface area (Å²) in [6, 6.07) is 11.1. The predicted octanol–water partition coefficient (Wildman–Crippen LogP) is 2.35. The van der Waals surface area contributed by atoms with Crippen LogP contribution in [0.1, 0.15) is 39.1 Å². The minimum Gasteiger partial charge on any atom is -0.357 e. The van der Waals surface area contributed by atoms with E-state index < -0.39 is 0 Å². The highest BCUT2D eigenvalue weighted by molar-refractivity contribution is 5.79. The van der Waals surface area contributed by atoms with Gasteiger partial charge in [-0.05, 0) is 32.0 Å². The van der Waals surface area contributed by atoms with Crippen LogP contribution in [0.5, 0.6) is 0 Å². The molecule has 0 aliphatic heterocycles. The molecule has 0 saturated heterocycles. The van der Waals surface area contributed by atoms with Crippen LogP contribution in [0.3, 0.4) is 0 Å². The number of hydrogen-bond acceptors (Lipinski definition) is 4. The number of hydrogen-bond donors (Lipinski definition) is 2. The zero-order valence-corrected chi connectivity index (χ0v) is 18.4. The van der Waals surface area contributed by atoms with Gasteiger partial charge in [-0.3, -0.25) is 9.89 Å². The highest BCUT2D eigenvalue weighted by Gasteiger charge is 2.16. The van der Waals surface area contributed by atoms with Gasteiger partial charge >= 0.3 is 0 Å². The Labute approximate surface area is 175 Å². The van der Waals surface area contributed by atoms with Crippen LogP contribution < -0.4 is 10.6 Å². The first-order valence-corrected chi connectivity index (χ1v) is 10.9. The number of aliphatic imine (C=N–C) groups is 1. The average Bonchev–Trinajstić information content (AvgIpc) is 3.20. The lowest BCUT2D eigenvalue weighted by Gasteiger charge is -2.29. The Bertz CT molecular complexity index is 707. The average molecular weight is 400 g/mol. The maximum atomic E-state index is 4.90. The molecule has 1 aromatic carbocycles. The first-order valence-electron chi connectivity index (χ1n) is 10.9. The summed E-state index contributed by atoms with van der Waals surface area (Å²) in [6.45, 7) is 13.9. The van der Waals surface area contributed by atoms with Crippen molar-refractivity contribution in [3.63, 3.8) is 0 Å². The van der Waals surface area contributed by atoms with Crippen LogP contribution in [-0.4, -0.2) is 64.4 Å². The number of likely N-dealkylation sites (N-methyl/N-ethyl adjacent to an activating group) is 1. The van der Waals surface area contributed by atoms with Crippen LogP contribution in [0.4, 0.5) is 0 Å². The fraction of sp³-hybridized carbons (Fsp3) is 0.591. The van der Waals surface area contributed by atoms with Crippen molar-refractivity contribution in [2.75, 3.05) is 32.7 Å². The van der Waals surface area contributed by atoms with Gasteiger partial charge in [-0.25, -0.2) is 0 Å². The van der Waals surface area contributed by atoms with Crippen molar-refractivity contribution in [1.82, 2.24) is 30.3 Å². The van der Waals surface area contributed by atoms with Gasteiger partial charge < -0.3 is 15.2 Å². The molecule has 2 N–H and O–H groups in total. The first kappa shape index (κ1) is 22.9. The van der Waals surface area contributed by atoms with Crippen LogP contribution in [0.2, 0.25) is 0 Å². The second-order valence-electron chi connectivity index (χ2n) is 7.01. The smallest absolute Gasteiger partial charge is 0.191 e. The molecule has 0 aliphatic carbocycles. The Kier molecular flexibility index (Phi) is 10.2. The fourth-order valence-corrected chi connectivity index (χ4v) is 3.51. The maximum Gasteiger partial charge on any atom is 0.191 e. The Morgan fingerprint density at radius 1 is 1.10 bits per heavy atom. The van der Waals surface area contributed by atoms with E-state index >= 15 is 0 Å². The molecule has 1 heterocycles. The van der Waals surface area contributed by atoms with E-state index in [1.54, 1.807) is 6.33 Å². The van der Waals surface area contributed by atoms with Gasteiger partial charge in [-0.15, -0.1) is 10.2 Å². The van der Waals surface area contributed by atoms with Crippen LogP contribution >= 0.6 is 0 Å². The van der Waals surface area contributed by atoms with Crippen LogP contribution in [0.25, 0.3) is 0 Å². The predicted molar refractivity (Wildman–Crippen MR) is 120 cm³/mol. The molecule has 2 aromatic rings. The molecule has 0 aliphatic rings. The zero-order chi connectivity index (χ0) is 20.9. The molecule has 1 atom stereocenters. The number of benzene rings is 1. The van der Waals surface area contributed by atoms with Gasteiger partial charge in [-0.1, -0.05) is 51.1 Å². The standard InChI is InChI=1S/C22H37N7/c1-5-21-27-26-18-29(21)15-14-24-22(23-6-2)25-17-20(28(7-3)8-4)16-19-12-10-9-11-13-19/h9-13,18,20H,5-8,14-17H2,1-4H3,(H2,23,24,25). The Morgan fingerprint density at radius 2 is 1.86 bits per heavy atom. The first-order chi connectivity index (χ1) is 14.2. The lowest BCUT2D eigenvalue weighted by molar-refractivity contribution is 0.220. The lowest BCUT2D eigenvalue weighted by atomic mass is 10.0.